The third-order valence-corrected chi connectivity index (χ3v) is 6.27. The van der Waals surface area contributed by atoms with Gasteiger partial charge in [0.1, 0.15) is 11.6 Å². The summed E-state index contributed by atoms with van der Waals surface area (Å²) in [7, 11) is -0.313. The van der Waals surface area contributed by atoms with E-state index in [4.69, 9.17) is 0 Å². The Hall–Kier alpha value is -2.59. The Morgan fingerprint density at radius 1 is 1.16 bits per heavy atom. The van der Waals surface area contributed by atoms with E-state index in [1.165, 1.54) is 28.0 Å². The first-order chi connectivity index (χ1) is 11.9. The van der Waals surface area contributed by atoms with Crippen molar-refractivity contribution >= 4 is 42.9 Å². The lowest BCUT2D eigenvalue weighted by Crippen LogP contribution is -2.12. The summed E-state index contributed by atoms with van der Waals surface area (Å²) in [5.74, 6) is 0.120. The van der Waals surface area contributed by atoms with Crippen LogP contribution >= 0.6 is 11.3 Å². The maximum Gasteiger partial charge on any atom is 0.229 e. The number of benzene rings is 1. The van der Waals surface area contributed by atoms with Gasteiger partial charge in [-0.2, -0.15) is 4.52 Å². The molecule has 0 aliphatic heterocycles. The van der Waals surface area contributed by atoms with Gasteiger partial charge in [0.25, 0.3) is 0 Å². The molecule has 0 N–H and O–H groups in total. The molecule has 0 unspecified atom stereocenters. The number of aromatic nitrogens is 4. The van der Waals surface area contributed by atoms with Gasteiger partial charge in [0.05, 0.1) is 15.1 Å². The van der Waals surface area contributed by atoms with Crippen molar-refractivity contribution < 1.29 is 12.8 Å². The number of rotatable bonds is 3. The van der Waals surface area contributed by atoms with Gasteiger partial charge in [-0.05, 0) is 35.7 Å². The third-order valence-electron chi connectivity index (χ3n) is 3.71. The summed E-state index contributed by atoms with van der Waals surface area (Å²) in [6.45, 7) is 0. The van der Waals surface area contributed by atoms with Crippen molar-refractivity contribution in [1.29, 1.82) is 0 Å². The maximum atomic E-state index is 13.1. The average molecular weight is 377 g/mol. The number of hydrogen-bond acceptors (Lipinski definition) is 7. The molecule has 0 aliphatic rings. The van der Waals surface area contributed by atoms with Gasteiger partial charge < -0.3 is 4.90 Å². The second-order valence-electron chi connectivity index (χ2n) is 5.55. The summed E-state index contributed by atoms with van der Waals surface area (Å²) >= 11 is 1.49. The highest BCUT2D eigenvalue weighted by Crippen LogP contribution is 2.32. The monoisotopic (exact) mass is 377 g/mol. The molecule has 0 amide bonds. The molecule has 0 bridgehead atoms. The zero-order chi connectivity index (χ0) is 17.8. The van der Waals surface area contributed by atoms with Crippen LogP contribution in [0.15, 0.2) is 45.6 Å². The van der Waals surface area contributed by atoms with Gasteiger partial charge in [-0.1, -0.05) is 5.21 Å². The van der Waals surface area contributed by atoms with Gasteiger partial charge >= 0.3 is 0 Å². The first-order valence-corrected chi connectivity index (χ1v) is 9.56. The summed E-state index contributed by atoms with van der Waals surface area (Å²) in [6.07, 6.45) is 0. The van der Waals surface area contributed by atoms with Crippen molar-refractivity contribution in [2.45, 2.75) is 9.92 Å². The molecule has 0 radical (unpaired) electrons. The summed E-state index contributed by atoms with van der Waals surface area (Å²) in [5, 5.41) is 9.45. The van der Waals surface area contributed by atoms with Crippen LogP contribution in [-0.2, 0) is 9.84 Å². The third kappa shape index (κ3) is 2.36. The Morgan fingerprint density at radius 2 is 1.88 bits per heavy atom. The SMILES string of the molecule is CN(C)c1nc2c(S(=O)(=O)c3ccc(F)cc3)nnn2c2ccsc12. The lowest BCUT2D eigenvalue weighted by Gasteiger charge is -2.12. The minimum atomic E-state index is -3.97. The van der Waals surface area contributed by atoms with Crippen LogP contribution in [0.5, 0.6) is 0 Å². The van der Waals surface area contributed by atoms with E-state index in [1.807, 2.05) is 25.5 Å². The summed E-state index contributed by atoms with van der Waals surface area (Å²) in [5.41, 5.74) is 0.866. The van der Waals surface area contributed by atoms with E-state index in [1.54, 1.807) is 4.90 Å². The van der Waals surface area contributed by atoms with Gasteiger partial charge in [-0.15, -0.1) is 16.4 Å². The van der Waals surface area contributed by atoms with Crippen molar-refractivity contribution in [2.24, 2.45) is 0 Å². The molecule has 128 valence electrons. The molecule has 3 aromatic heterocycles. The van der Waals surface area contributed by atoms with Crippen LogP contribution in [0, 0.1) is 5.82 Å². The Bertz CT molecular complexity index is 1200. The van der Waals surface area contributed by atoms with Crippen LogP contribution in [0.25, 0.3) is 15.9 Å². The van der Waals surface area contributed by atoms with Gasteiger partial charge in [-0.3, -0.25) is 0 Å². The first-order valence-electron chi connectivity index (χ1n) is 7.20. The Labute approximate surface area is 146 Å². The van der Waals surface area contributed by atoms with E-state index in [2.05, 4.69) is 15.3 Å². The van der Waals surface area contributed by atoms with Gasteiger partial charge in [0, 0.05) is 14.1 Å². The number of hydrogen-bond donors (Lipinski definition) is 0. The normalized spacial score (nSPS) is 12.1. The maximum absolute atomic E-state index is 13.1. The molecule has 0 spiro atoms. The first kappa shape index (κ1) is 15.9. The van der Waals surface area contributed by atoms with E-state index in [-0.39, 0.29) is 15.6 Å². The van der Waals surface area contributed by atoms with Gasteiger partial charge in [0.15, 0.2) is 5.65 Å². The minimum absolute atomic E-state index is 0.0603. The molecule has 0 atom stereocenters. The zero-order valence-electron chi connectivity index (χ0n) is 13.2. The van der Waals surface area contributed by atoms with Gasteiger partial charge in [-0.25, -0.2) is 17.8 Å². The standard InChI is InChI=1S/C15H12FN5O2S2/c1-20(2)13-12-11(7-8-24-12)21-14(17-13)15(18-19-21)25(22,23)10-5-3-9(16)4-6-10/h3-8H,1-2H3. The highest BCUT2D eigenvalue weighted by Gasteiger charge is 2.27. The quantitative estimate of drug-likeness (QED) is 0.510. The predicted molar refractivity (Wildman–Crippen MR) is 92.3 cm³/mol. The molecule has 0 aliphatic carbocycles. The molecule has 3 heterocycles. The van der Waals surface area contributed by atoms with Crippen LogP contribution in [0.4, 0.5) is 10.2 Å². The largest absolute Gasteiger partial charge is 0.361 e. The predicted octanol–water partition coefficient (Wildman–Crippen LogP) is 2.38. The van der Waals surface area contributed by atoms with Crippen molar-refractivity contribution in [2.75, 3.05) is 19.0 Å². The fraction of sp³-hybridized carbons (Fsp3) is 0.133. The fourth-order valence-electron chi connectivity index (χ4n) is 2.51. The van der Waals surface area contributed by atoms with Crippen LogP contribution in [0.2, 0.25) is 0 Å². The number of anilines is 1. The van der Waals surface area contributed by atoms with Crippen molar-refractivity contribution in [1.82, 2.24) is 19.8 Å². The molecule has 4 aromatic rings. The molecule has 0 saturated carbocycles. The lowest BCUT2D eigenvalue weighted by atomic mass is 10.4. The Balaban J connectivity index is 2.03. The number of nitrogens with zero attached hydrogens (tertiary/aromatic N) is 5. The van der Waals surface area contributed by atoms with Crippen LogP contribution in [0.3, 0.4) is 0 Å². The lowest BCUT2D eigenvalue weighted by molar-refractivity contribution is 0.591. The van der Waals surface area contributed by atoms with E-state index >= 15 is 0 Å². The summed E-state index contributed by atoms with van der Waals surface area (Å²) < 4.78 is 41.2. The van der Waals surface area contributed by atoms with Crippen LogP contribution in [0.1, 0.15) is 0 Å². The van der Waals surface area contributed by atoms with Crippen molar-refractivity contribution in [3.8, 4) is 0 Å². The molecular formula is C15H12FN5O2S2. The molecule has 4 rings (SSSR count). The zero-order valence-corrected chi connectivity index (χ0v) is 14.8. The smallest absolute Gasteiger partial charge is 0.229 e. The minimum Gasteiger partial charge on any atom is -0.361 e. The number of thiophene rings is 1. The fourth-order valence-corrected chi connectivity index (χ4v) is 4.69. The molecule has 7 nitrogen and oxygen atoms in total. The number of sulfone groups is 1. The second kappa shape index (κ2) is 5.46. The van der Waals surface area contributed by atoms with Gasteiger partial charge in [0.2, 0.25) is 14.9 Å². The topological polar surface area (TPSA) is 80.5 Å². The second-order valence-corrected chi connectivity index (χ2v) is 8.33. The molecule has 0 saturated heterocycles. The molecule has 1 aromatic carbocycles. The highest BCUT2D eigenvalue weighted by molar-refractivity contribution is 7.91. The highest BCUT2D eigenvalue weighted by atomic mass is 32.2. The summed E-state index contributed by atoms with van der Waals surface area (Å²) in [6, 6.07) is 6.42. The Kier molecular flexibility index (Phi) is 3.48. The molecule has 10 heteroatoms. The van der Waals surface area contributed by atoms with Crippen molar-refractivity contribution in [3.05, 3.63) is 41.5 Å². The Morgan fingerprint density at radius 3 is 2.56 bits per heavy atom. The van der Waals surface area contributed by atoms with E-state index < -0.39 is 15.7 Å². The van der Waals surface area contributed by atoms with E-state index in [0.717, 1.165) is 22.3 Å². The molecule has 0 fully saturated rings. The van der Waals surface area contributed by atoms with E-state index in [0.29, 0.717) is 5.82 Å². The average Bonchev–Trinajstić information content (AvgIpc) is 3.20. The van der Waals surface area contributed by atoms with Crippen LogP contribution in [-0.4, -0.2) is 42.3 Å². The molecular weight excluding hydrogens is 365 g/mol. The number of fused-ring (bicyclic) bond motifs is 3. The summed E-state index contributed by atoms with van der Waals surface area (Å²) in [4.78, 5) is 6.21. The van der Waals surface area contributed by atoms with Crippen molar-refractivity contribution in [3.63, 3.8) is 0 Å². The number of halogens is 1. The van der Waals surface area contributed by atoms with E-state index in [9.17, 15) is 12.8 Å². The molecule has 25 heavy (non-hydrogen) atoms. The van der Waals surface area contributed by atoms with Crippen LogP contribution < -0.4 is 4.90 Å².